The van der Waals surface area contributed by atoms with Crippen LogP contribution in [0, 0.1) is 6.92 Å². The second-order valence-electron chi connectivity index (χ2n) is 6.82. The highest BCUT2D eigenvalue weighted by Gasteiger charge is 2.22. The van der Waals surface area contributed by atoms with E-state index in [1.165, 1.54) is 4.90 Å². The first-order valence-corrected chi connectivity index (χ1v) is 9.99. The molecule has 0 aliphatic carbocycles. The number of carbonyl (C=O) groups excluding carboxylic acids is 1. The highest BCUT2D eigenvalue weighted by atomic mass is 35.5. The topological polar surface area (TPSA) is 77.2 Å². The molecule has 0 spiro atoms. The zero-order chi connectivity index (χ0) is 22.0. The van der Waals surface area contributed by atoms with Crippen molar-refractivity contribution in [3.8, 4) is 5.69 Å². The van der Waals surface area contributed by atoms with Crippen molar-refractivity contribution < 1.29 is 4.79 Å². The highest BCUT2D eigenvalue weighted by Crippen LogP contribution is 2.18. The molecule has 0 aliphatic heterocycles. The monoisotopic (exact) mass is 446 g/mol. The summed E-state index contributed by atoms with van der Waals surface area (Å²) in [6, 6.07) is 11.8. The molecule has 0 saturated carbocycles. The van der Waals surface area contributed by atoms with Crippen LogP contribution in [0.25, 0.3) is 5.69 Å². The van der Waals surface area contributed by atoms with E-state index in [2.05, 4.69) is 5.10 Å². The van der Waals surface area contributed by atoms with E-state index < -0.39 is 17.2 Å². The van der Waals surface area contributed by atoms with Crippen LogP contribution < -0.4 is 11.2 Å². The van der Waals surface area contributed by atoms with Gasteiger partial charge in [0.25, 0.3) is 11.5 Å². The third-order valence-electron chi connectivity index (χ3n) is 4.71. The van der Waals surface area contributed by atoms with Crippen LogP contribution in [-0.2, 0) is 6.54 Å². The molecule has 3 rings (SSSR count). The molecule has 7 nitrogen and oxygen atoms in total. The maximum Gasteiger partial charge on any atom is 0.352 e. The van der Waals surface area contributed by atoms with Crippen LogP contribution in [0.2, 0.25) is 10.0 Å². The fourth-order valence-electron chi connectivity index (χ4n) is 2.81. The Morgan fingerprint density at radius 2 is 1.87 bits per heavy atom. The molecular weight excluding hydrogens is 427 g/mol. The summed E-state index contributed by atoms with van der Waals surface area (Å²) in [6.07, 6.45) is 0. The lowest BCUT2D eigenvalue weighted by molar-refractivity contribution is 0.0791. The highest BCUT2D eigenvalue weighted by molar-refractivity contribution is 6.31. The minimum absolute atomic E-state index is 0.0591. The molecule has 0 fully saturated rings. The Morgan fingerprint density at radius 1 is 1.13 bits per heavy atom. The van der Waals surface area contributed by atoms with Gasteiger partial charge in [0.05, 0.1) is 12.2 Å². The minimum atomic E-state index is -0.764. The summed E-state index contributed by atoms with van der Waals surface area (Å²) in [5, 5.41) is 5.01. The van der Waals surface area contributed by atoms with Gasteiger partial charge < -0.3 is 4.90 Å². The van der Waals surface area contributed by atoms with Crippen LogP contribution in [0.4, 0.5) is 0 Å². The van der Waals surface area contributed by atoms with Crippen LogP contribution in [-0.4, -0.2) is 38.7 Å². The second kappa shape index (κ2) is 8.85. The molecule has 0 atom stereocenters. The van der Waals surface area contributed by atoms with Gasteiger partial charge in [-0.1, -0.05) is 41.4 Å². The molecular formula is C21H20Cl2N4O3. The fraction of sp³-hybridized carbons (Fsp3) is 0.238. The normalized spacial score (nSPS) is 10.8. The van der Waals surface area contributed by atoms with Gasteiger partial charge in [-0.15, -0.1) is 0 Å². The summed E-state index contributed by atoms with van der Waals surface area (Å²) in [7, 11) is 1.56. The van der Waals surface area contributed by atoms with Crippen molar-refractivity contribution in [3.63, 3.8) is 0 Å². The van der Waals surface area contributed by atoms with Crippen molar-refractivity contribution in [2.24, 2.45) is 0 Å². The maximum absolute atomic E-state index is 13.2. The number of benzene rings is 2. The summed E-state index contributed by atoms with van der Waals surface area (Å²) in [6.45, 7) is 3.92. The van der Waals surface area contributed by atoms with Gasteiger partial charge in [0.2, 0.25) is 5.69 Å². The molecule has 30 heavy (non-hydrogen) atoms. The van der Waals surface area contributed by atoms with Crippen LogP contribution in [0.3, 0.4) is 0 Å². The summed E-state index contributed by atoms with van der Waals surface area (Å²) in [5.41, 5.74) is 0.0167. The van der Waals surface area contributed by atoms with E-state index in [1.807, 2.05) is 6.92 Å². The van der Waals surface area contributed by atoms with Crippen LogP contribution in [0.5, 0.6) is 0 Å². The number of amides is 1. The molecule has 1 aromatic heterocycles. The Hall–Kier alpha value is -2.90. The number of hydrogen-bond donors (Lipinski definition) is 0. The van der Waals surface area contributed by atoms with Gasteiger partial charge in [-0.25, -0.2) is 4.79 Å². The van der Waals surface area contributed by atoms with Gasteiger partial charge >= 0.3 is 5.69 Å². The average molecular weight is 447 g/mol. The lowest BCUT2D eigenvalue weighted by atomic mass is 10.2. The number of aromatic nitrogens is 3. The van der Waals surface area contributed by atoms with Gasteiger partial charge in [0.1, 0.15) is 0 Å². The summed E-state index contributed by atoms with van der Waals surface area (Å²) < 4.78 is 2.00. The molecule has 0 aliphatic rings. The quantitative estimate of drug-likeness (QED) is 0.602. The van der Waals surface area contributed by atoms with Crippen LogP contribution in [0.15, 0.2) is 52.1 Å². The Bertz CT molecular complexity index is 1230. The van der Waals surface area contributed by atoms with Crippen molar-refractivity contribution in [1.82, 2.24) is 19.2 Å². The minimum Gasteiger partial charge on any atom is -0.340 e. The molecule has 0 saturated heterocycles. The molecule has 0 N–H and O–H groups in total. The van der Waals surface area contributed by atoms with E-state index in [0.717, 1.165) is 14.8 Å². The predicted molar refractivity (Wildman–Crippen MR) is 117 cm³/mol. The zero-order valence-electron chi connectivity index (χ0n) is 16.7. The van der Waals surface area contributed by atoms with Crippen molar-refractivity contribution in [3.05, 3.63) is 90.2 Å². The molecule has 156 valence electrons. The molecule has 0 radical (unpaired) electrons. The molecule has 9 heteroatoms. The zero-order valence-corrected chi connectivity index (χ0v) is 18.2. The van der Waals surface area contributed by atoms with Crippen LogP contribution >= 0.6 is 23.2 Å². The molecule has 3 aromatic rings. The molecule has 1 amide bonds. The lowest BCUT2D eigenvalue weighted by Crippen LogP contribution is -2.46. The summed E-state index contributed by atoms with van der Waals surface area (Å²) >= 11 is 12.2. The molecule has 1 heterocycles. The lowest BCUT2D eigenvalue weighted by Gasteiger charge is -2.16. The van der Waals surface area contributed by atoms with Crippen molar-refractivity contribution in [1.29, 1.82) is 0 Å². The van der Waals surface area contributed by atoms with Crippen molar-refractivity contribution >= 4 is 29.1 Å². The van der Waals surface area contributed by atoms with Gasteiger partial charge in [-0.05, 0) is 49.2 Å². The maximum atomic E-state index is 13.2. The first-order valence-electron chi connectivity index (χ1n) is 9.23. The van der Waals surface area contributed by atoms with Crippen LogP contribution in [0.1, 0.15) is 28.5 Å². The third-order valence-corrected chi connectivity index (χ3v) is 5.36. The first-order chi connectivity index (χ1) is 14.2. The van der Waals surface area contributed by atoms with E-state index >= 15 is 0 Å². The fourth-order valence-corrected chi connectivity index (χ4v) is 3.20. The Balaban J connectivity index is 2.26. The SMILES string of the molecule is CCN(C)C(=O)c1nn(-c2ccc(C)c(Cl)c2)c(=O)n(Cc2cccc(Cl)c2)c1=O. The number of nitrogens with zero attached hydrogens (tertiary/aromatic N) is 4. The van der Waals surface area contributed by atoms with E-state index in [9.17, 15) is 14.4 Å². The number of aryl methyl sites for hydroxylation is 1. The number of carbonyl (C=O) groups is 1. The Kier molecular flexibility index (Phi) is 6.43. The summed E-state index contributed by atoms with van der Waals surface area (Å²) in [4.78, 5) is 40.3. The molecule has 0 unspecified atom stereocenters. The Labute approximate surface area is 183 Å². The number of rotatable bonds is 5. The largest absolute Gasteiger partial charge is 0.352 e. The van der Waals surface area contributed by atoms with E-state index in [4.69, 9.17) is 23.2 Å². The average Bonchev–Trinajstić information content (AvgIpc) is 2.72. The smallest absolute Gasteiger partial charge is 0.340 e. The molecule has 2 aromatic carbocycles. The van der Waals surface area contributed by atoms with E-state index in [-0.39, 0.29) is 12.2 Å². The van der Waals surface area contributed by atoms with E-state index in [0.29, 0.717) is 27.8 Å². The van der Waals surface area contributed by atoms with Crippen molar-refractivity contribution in [2.45, 2.75) is 20.4 Å². The van der Waals surface area contributed by atoms with Gasteiger partial charge in [-0.2, -0.15) is 9.78 Å². The van der Waals surface area contributed by atoms with Gasteiger partial charge in [-0.3, -0.25) is 14.2 Å². The van der Waals surface area contributed by atoms with Crippen molar-refractivity contribution in [2.75, 3.05) is 13.6 Å². The first kappa shape index (κ1) is 21.8. The van der Waals surface area contributed by atoms with E-state index in [1.54, 1.807) is 56.4 Å². The predicted octanol–water partition coefficient (Wildman–Crippen LogP) is 3.15. The number of hydrogen-bond acceptors (Lipinski definition) is 4. The Morgan fingerprint density at radius 3 is 2.50 bits per heavy atom. The molecule has 0 bridgehead atoms. The van der Waals surface area contributed by atoms with Gasteiger partial charge in [0, 0.05) is 23.6 Å². The summed E-state index contributed by atoms with van der Waals surface area (Å²) in [5.74, 6) is -0.575. The second-order valence-corrected chi connectivity index (χ2v) is 7.66. The standard InChI is InChI=1S/C21H20Cl2N4O3/c1-4-25(3)19(28)18-20(29)26(12-14-6-5-7-15(22)10-14)21(30)27(24-18)16-9-8-13(2)17(23)11-16/h5-11H,4,12H2,1-3H3. The third kappa shape index (κ3) is 4.32. The number of halogens is 2. The van der Waals surface area contributed by atoms with Gasteiger partial charge in [0.15, 0.2) is 0 Å².